The molecule has 336 valence electrons. The zero-order chi connectivity index (χ0) is 48.0. The molecule has 2 heterocycles. The van der Waals surface area contributed by atoms with Gasteiger partial charge in [-0.1, -0.05) is 114 Å². The standard InChI is InChI=1S/C63H48F3N3/c1-36-27-39(4)60(40(5)28-36)44-21-25-56-51(32-44)47-14-8-10-17-54(47)68(56)58-31-43(35-67)19-23-49(58)50-24-20-46(62-38(3)13-12-16-53(62)63(64,65)66)34-59(50)69-55-18-11-9-15-48(55)52-33-45(22-26-57(52)69)61-41(6)29-37(2)30-42(61)7/h8-34H,1-7H3. The third-order valence-electron chi connectivity index (χ3n) is 14.0. The van der Waals surface area contributed by atoms with Crippen LogP contribution >= 0.6 is 0 Å². The van der Waals surface area contributed by atoms with Crippen LogP contribution in [0.15, 0.2) is 164 Å². The van der Waals surface area contributed by atoms with Gasteiger partial charge in [-0.2, -0.15) is 18.4 Å². The van der Waals surface area contributed by atoms with E-state index in [2.05, 4.69) is 148 Å². The summed E-state index contributed by atoms with van der Waals surface area (Å²) in [6.07, 6.45) is -4.58. The second kappa shape index (κ2) is 16.3. The highest BCUT2D eigenvalue weighted by Crippen LogP contribution is 2.46. The minimum Gasteiger partial charge on any atom is -0.309 e. The maximum Gasteiger partial charge on any atom is 0.417 e. The molecule has 11 aromatic rings. The van der Waals surface area contributed by atoms with Crippen molar-refractivity contribution in [3.63, 3.8) is 0 Å². The molecule has 69 heavy (non-hydrogen) atoms. The number of alkyl halides is 3. The molecule has 9 aromatic carbocycles. The number of aromatic nitrogens is 2. The number of aryl methyl sites for hydroxylation is 7. The van der Waals surface area contributed by atoms with Crippen molar-refractivity contribution in [3.05, 3.63) is 214 Å². The Morgan fingerprint density at radius 3 is 1.32 bits per heavy atom. The Morgan fingerprint density at radius 2 is 0.826 bits per heavy atom. The lowest BCUT2D eigenvalue weighted by Gasteiger charge is -2.21. The van der Waals surface area contributed by atoms with E-state index in [0.29, 0.717) is 22.4 Å². The number of rotatable bonds is 6. The summed E-state index contributed by atoms with van der Waals surface area (Å²) in [5.41, 5.74) is 19.7. The third-order valence-corrected chi connectivity index (χ3v) is 14.0. The number of hydrogen-bond acceptors (Lipinski definition) is 1. The van der Waals surface area contributed by atoms with E-state index in [0.717, 1.165) is 71.6 Å². The van der Waals surface area contributed by atoms with Crippen molar-refractivity contribution < 1.29 is 13.2 Å². The highest BCUT2D eigenvalue weighted by molar-refractivity contribution is 6.13. The highest BCUT2D eigenvalue weighted by Gasteiger charge is 2.34. The Hall–Kier alpha value is -8.14. The summed E-state index contributed by atoms with van der Waals surface area (Å²) in [5.74, 6) is 0. The third kappa shape index (κ3) is 7.11. The molecule has 0 radical (unpaired) electrons. The van der Waals surface area contributed by atoms with Crippen LogP contribution in [0.3, 0.4) is 0 Å². The molecule has 0 bridgehead atoms. The molecule has 0 unspecified atom stereocenters. The van der Waals surface area contributed by atoms with E-state index >= 15 is 0 Å². The van der Waals surface area contributed by atoms with Crippen LogP contribution in [0.5, 0.6) is 0 Å². The van der Waals surface area contributed by atoms with Gasteiger partial charge < -0.3 is 9.13 Å². The minimum atomic E-state index is -4.58. The average molecular weight is 904 g/mol. The molecule has 0 aliphatic rings. The molecule has 0 aliphatic heterocycles. The number of benzene rings is 9. The fourth-order valence-corrected chi connectivity index (χ4v) is 11.4. The molecule has 0 saturated heterocycles. The predicted molar refractivity (Wildman–Crippen MR) is 280 cm³/mol. The first-order chi connectivity index (χ1) is 33.2. The van der Waals surface area contributed by atoms with Crippen LogP contribution in [0.1, 0.15) is 50.1 Å². The van der Waals surface area contributed by atoms with Crippen molar-refractivity contribution in [1.29, 1.82) is 5.26 Å². The van der Waals surface area contributed by atoms with Crippen molar-refractivity contribution in [1.82, 2.24) is 9.13 Å². The molecule has 0 atom stereocenters. The van der Waals surface area contributed by atoms with Gasteiger partial charge in [-0.15, -0.1) is 0 Å². The molecule has 0 aliphatic carbocycles. The SMILES string of the molecule is Cc1cc(C)c(-c2ccc3c(c2)c2ccccc2n3-c2cc(C#N)ccc2-c2ccc(-c3c(C)cccc3C(F)(F)F)cc2-n2c3ccccc3c3cc(-c4c(C)cc(C)cc4C)ccc32)c(C)c1. The Bertz CT molecular complexity index is 3940. The fraction of sp³-hybridized carbons (Fsp3) is 0.127. The van der Waals surface area contributed by atoms with Gasteiger partial charge in [-0.3, -0.25) is 0 Å². The van der Waals surface area contributed by atoms with Crippen LogP contribution in [0.25, 0.3) is 99.5 Å². The maximum absolute atomic E-state index is 15.0. The van der Waals surface area contributed by atoms with E-state index in [1.807, 2.05) is 54.6 Å². The van der Waals surface area contributed by atoms with Gasteiger partial charge in [0.05, 0.1) is 50.6 Å². The number of fused-ring (bicyclic) bond motifs is 6. The minimum absolute atomic E-state index is 0.142. The van der Waals surface area contributed by atoms with Crippen LogP contribution < -0.4 is 0 Å². The lowest BCUT2D eigenvalue weighted by molar-refractivity contribution is -0.137. The number of hydrogen-bond donors (Lipinski definition) is 0. The van der Waals surface area contributed by atoms with E-state index in [4.69, 9.17) is 0 Å². The molecule has 0 saturated carbocycles. The Labute approximate surface area is 400 Å². The molecular weight excluding hydrogens is 856 g/mol. The largest absolute Gasteiger partial charge is 0.417 e. The number of para-hydroxylation sites is 2. The van der Waals surface area contributed by atoms with Gasteiger partial charge in [0.2, 0.25) is 0 Å². The molecular formula is C63H48F3N3. The first kappa shape index (κ1) is 43.4. The topological polar surface area (TPSA) is 33.6 Å². The molecule has 11 rings (SSSR count). The van der Waals surface area contributed by atoms with Crippen molar-refractivity contribution >= 4 is 43.6 Å². The molecule has 0 amide bonds. The summed E-state index contributed by atoms with van der Waals surface area (Å²) in [6, 6.07) is 56.9. The van der Waals surface area contributed by atoms with E-state index in [1.165, 1.54) is 56.6 Å². The lowest BCUT2D eigenvalue weighted by atomic mass is 9.91. The molecule has 0 N–H and O–H groups in total. The predicted octanol–water partition coefficient (Wildman–Crippen LogP) is 17.6. The molecule has 0 fully saturated rings. The smallest absolute Gasteiger partial charge is 0.309 e. The first-order valence-electron chi connectivity index (χ1n) is 23.3. The van der Waals surface area contributed by atoms with E-state index < -0.39 is 11.7 Å². The van der Waals surface area contributed by atoms with Crippen molar-refractivity contribution in [2.24, 2.45) is 0 Å². The van der Waals surface area contributed by atoms with Crippen LogP contribution in [0.4, 0.5) is 13.2 Å². The summed E-state index contributed by atoms with van der Waals surface area (Å²) in [6.45, 7) is 14.6. The van der Waals surface area contributed by atoms with E-state index in [9.17, 15) is 18.4 Å². The molecule has 2 aromatic heterocycles. The second-order valence-corrected chi connectivity index (χ2v) is 18.8. The van der Waals surface area contributed by atoms with Gasteiger partial charge in [0.1, 0.15) is 0 Å². The molecule has 0 spiro atoms. The van der Waals surface area contributed by atoms with Gasteiger partial charge >= 0.3 is 6.18 Å². The second-order valence-electron chi connectivity index (χ2n) is 18.8. The molecule has 3 nitrogen and oxygen atoms in total. The first-order valence-corrected chi connectivity index (χ1v) is 23.3. The van der Waals surface area contributed by atoms with Gasteiger partial charge in [0.25, 0.3) is 0 Å². The molecule has 6 heteroatoms. The Kier molecular flexibility index (Phi) is 10.2. The van der Waals surface area contributed by atoms with Gasteiger partial charge in [0, 0.05) is 32.7 Å². The van der Waals surface area contributed by atoms with Crippen molar-refractivity contribution in [3.8, 4) is 62.0 Å². The highest BCUT2D eigenvalue weighted by atomic mass is 19.4. The normalized spacial score (nSPS) is 11.9. The maximum atomic E-state index is 15.0. The summed E-state index contributed by atoms with van der Waals surface area (Å²) < 4.78 is 49.4. The average Bonchev–Trinajstić information content (AvgIpc) is 3.82. The summed E-state index contributed by atoms with van der Waals surface area (Å²) in [4.78, 5) is 0. The quantitative estimate of drug-likeness (QED) is 0.164. The zero-order valence-corrected chi connectivity index (χ0v) is 39.6. The Balaban J connectivity index is 1.23. The summed E-state index contributed by atoms with van der Waals surface area (Å²) in [5, 5.41) is 14.7. The Morgan fingerprint density at radius 1 is 0.391 bits per heavy atom. The van der Waals surface area contributed by atoms with Gasteiger partial charge in [0.15, 0.2) is 0 Å². The van der Waals surface area contributed by atoms with Crippen LogP contribution in [0.2, 0.25) is 0 Å². The zero-order valence-electron chi connectivity index (χ0n) is 39.6. The van der Waals surface area contributed by atoms with Crippen molar-refractivity contribution in [2.75, 3.05) is 0 Å². The summed E-state index contributed by atoms with van der Waals surface area (Å²) >= 11 is 0. The van der Waals surface area contributed by atoms with Gasteiger partial charge in [-0.25, -0.2) is 0 Å². The number of halogens is 3. The monoisotopic (exact) mass is 903 g/mol. The summed E-state index contributed by atoms with van der Waals surface area (Å²) in [7, 11) is 0. The van der Waals surface area contributed by atoms with Gasteiger partial charge in [-0.05, 0) is 170 Å². The van der Waals surface area contributed by atoms with Crippen LogP contribution in [-0.2, 0) is 6.18 Å². The number of nitriles is 1. The van der Waals surface area contributed by atoms with Crippen LogP contribution in [-0.4, -0.2) is 9.13 Å². The van der Waals surface area contributed by atoms with Crippen LogP contribution in [0, 0.1) is 59.8 Å². The van der Waals surface area contributed by atoms with E-state index in [1.54, 1.807) is 13.0 Å². The fourth-order valence-electron chi connectivity index (χ4n) is 11.4. The van der Waals surface area contributed by atoms with Crippen molar-refractivity contribution in [2.45, 2.75) is 54.6 Å². The lowest BCUT2D eigenvalue weighted by Crippen LogP contribution is -2.08. The van der Waals surface area contributed by atoms with E-state index in [-0.39, 0.29) is 5.56 Å². The number of nitrogens with zero attached hydrogens (tertiary/aromatic N) is 3.